The normalized spacial score (nSPS) is 20.9. The van der Waals surface area contributed by atoms with E-state index in [1.807, 2.05) is 60.4 Å². The molecular formula is C19H21BrN2O2. The fourth-order valence-electron chi connectivity index (χ4n) is 3.05. The molecule has 0 radical (unpaired) electrons. The van der Waals surface area contributed by atoms with Crippen LogP contribution >= 0.6 is 15.9 Å². The van der Waals surface area contributed by atoms with E-state index in [9.17, 15) is 4.79 Å². The van der Waals surface area contributed by atoms with E-state index in [0.717, 1.165) is 15.6 Å². The number of hydrogen-bond donors (Lipinski definition) is 1. The summed E-state index contributed by atoms with van der Waals surface area (Å²) in [6, 6.07) is 15.6. The van der Waals surface area contributed by atoms with Gasteiger partial charge in [-0.3, -0.25) is 4.79 Å². The second kappa shape index (κ2) is 7.47. The molecule has 1 fully saturated rings. The SMILES string of the molecule is CC1C(c2ccc(Br)cc2)OCCN1C(=O)c1ccc(CN)cc1. The zero-order valence-corrected chi connectivity index (χ0v) is 15.2. The molecule has 1 aliphatic heterocycles. The van der Waals surface area contributed by atoms with Gasteiger partial charge < -0.3 is 15.4 Å². The van der Waals surface area contributed by atoms with Crippen molar-refractivity contribution in [2.75, 3.05) is 13.2 Å². The van der Waals surface area contributed by atoms with Crippen LogP contribution in [-0.4, -0.2) is 30.0 Å². The summed E-state index contributed by atoms with van der Waals surface area (Å²) in [5.74, 6) is 0.0384. The fraction of sp³-hybridized carbons (Fsp3) is 0.316. The quantitative estimate of drug-likeness (QED) is 0.874. The van der Waals surface area contributed by atoms with E-state index >= 15 is 0 Å². The standard InChI is InChI=1S/C19H21BrN2O2/c1-13-18(15-6-8-17(20)9-7-15)24-11-10-22(13)19(23)16-4-2-14(12-21)3-5-16/h2-9,13,18H,10-12,21H2,1H3. The number of nitrogens with two attached hydrogens (primary N) is 1. The molecule has 1 heterocycles. The zero-order chi connectivity index (χ0) is 17.1. The van der Waals surface area contributed by atoms with Gasteiger partial charge in [-0.1, -0.05) is 40.2 Å². The molecule has 5 heteroatoms. The summed E-state index contributed by atoms with van der Waals surface area (Å²) in [4.78, 5) is 14.8. The third kappa shape index (κ3) is 3.53. The van der Waals surface area contributed by atoms with Crippen molar-refractivity contribution in [3.8, 4) is 0 Å². The molecule has 1 saturated heterocycles. The first-order valence-electron chi connectivity index (χ1n) is 8.07. The van der Waals surface area contributed by atoms with Crippen LogP contribution in [0.1, 0.15) is 34.5 Å². The molecule has 3 rings (SSSR count). The lowest BCUT2D eigenvalue weighted by atomic mass is 9.99. The largest absolute Gasteiger partial charge is 0.370 e. The average molecular weight is 389 g/mol. The van der Waals surface area contributed by atoms with Gasteiger partial charge in [0.1, 0.15) is 6.10 Å². The van der Waals surface area contributed by atoms with Crippen molar-refractivity contribution in [1.29, 1.82) is 0 Å². The Bertz CT molecular complexity index is 700. The van der Waals surface area contributed by atoms with Gasteiger partial charge in [0.2, 0.25) is 0 Å². The number of morpholine rings is 1. The lowest BCUT2D eigenvalue weighted by Gasteiger charge is -2.39. The summed E-state index contributed by atoms with van der Waals surface area (Å²) in [7, 11) is 0. The van der Waals surface area contributed by atoms with Crippen molar-refractivity contribution >= 4 is 21.8 Å². The third-order valence-electron chi connectivity index (χ3n) is 4.46. The predicted octanol–water partition coefficient (Wildman–Crippen LogP) is 3.51. The number of hydrogen-bond acceptors (Lipinski definition) is 3. The van der Waals surface area contributed by atoms with E-state index in [1.54, 1.807) is 0 Å². The Kier molecular flexibility index (Phi) is 5.33. The summed E-state index contributed by atoms with van der Waals surface area (Å²) >= 11 is 3.45. The number of carbonyl (C=O) groups excluding carboxylic acids is 1. The minimum atomic E-state index is -0.112. The van der Waals surface area contributed by atoms with Crippen molar-refractivity contribution < 1.29 is 9.53 Å². The van der Waals surface area contributed by atoms with Crippen molar-refractivity contribution in [2.45, 2.75) is 25.6 Å². The van der Waals surface area contributed by atoms with E-state index < -0.39 is 0 Å². The van der Waals surface area contributed by atoms with Crippen molar-refractivity contribution in [3.63, 3.8) is 0 Å². The van der Waals surface area contributed by atoms with Crippen LogP contribution in [0.5, 0.6) is 0 Å². The highest BCUT2D eigenvalue weighted by molar-refractivity contribution is 9.10. The van der Waals surface area contributed by atoms with Gasteiger partial charge in [0.15, 0.2) is 0 Å². The highest BCUT2D eigenvalue weighted by atomic mass is 79.9. The Morgan fingerprint density at radius 1 is 1.21 bits per heavy atom. The number of amides is 1. The van der Waals surface area contributed by atoms with E-state index in [4.69, 9.17) is 10.5 Å². The summed E-state index contributed by atoms with van der Waals surface area (Å²) in [5, 5.41) is 0. The molecule has 2 atom stereocenters. The lowest BCUT2D eigenvalue weighted by Crippen LogP contribution is -2.48. The van der Waals surface area contributed by atoms with Crippen LogP contribution < -0.4 is 5.73 Å². The van der Waals surface area contributed by atoms with Gasteiger partial charge in [0.25, 0.3) is 5.91 Å². The topological polar surface area (TPSA) is 55.6 Å². The number of nitrogens with zero attached hydrogens (tertiary/aromatic N) is 1. The molecule has 0 saturated carbocycles. The Morgan fingerprint density at radius 3 is 2.50 bits per heavy atom. The van der Waals surface area contributed by atoms with Gasteiger partial charge in [-0.15, -0.1) is 0 Å². The fourth-order valence-corrected chi connectivity index (χ4v) is 3.31. The first-order chi connectivity index (χ1) is 11.6. The van der Waals surface area contributed by atoms with Gasteiger partial charge >= 0.3 is 0 Å². The molecule has 2 aromatic rings. The Hall–Kier alpha value is -1.69. The molecule has 2 aromatic carbocycles. The molecule has 4 nitrogen and oxygen atoms in total. The molecule has 2 N–H and O–H groups in total. The second-order valence-corrected chi connectivity index (χ2v) is 6.90. The first kappa shape index (κ1) is 17.1. The van der Waals surface area contributed by atoms with Gasteiger partial charge in [-0.2, -0.15) is 0 Å². The first-order valence-corrected chi connectivity index (χ1v) is 8.86. The van der Waals surface area contributed by atoms with Crippen molar-refractivity contribution in [2.24, 2.45) is 5.73 Å². The van der Waals surface area contributed by atoms with Crippen molar-refractivity contribution in [1.82, 2.24) is 4.90 Å². The van der Waals surface area contributed by atoms with E-state index in [1.165, 1.54) is 0 Å². The summed E-state index contributed by atoms with van der Waals surface area (Å²) < 4.78 is 6.97. The predicted molar refractivity (Wildman–Crippen MR) is 97.7 cm³/mol. The second-order valence-electron chi connectivity index (χ2n) is 5.98. The molecular weight excluding hydrogens is 368 g/mol. The van der Waals surface area contributed by atoms with Crippen LogP contribution in [-0.2, 0) is 11.3 Å². The van der Waals surface area contributed by atoms with Crippen LogP contribution in [0, 0.1) is 0 Å². The minimum Gasteiger partial charge on any atom is -0.370 e. The minimum absolute atomic E-state index is 0.0263. The smallest absolute Gasteiger partial charge is 0.254 e. The monoisotopic (exact) mass is 388 g/mol. The van der Waals surface area contributed by atoms with Crippen LogP contribution in [0.2, 0.25) is 0 Å². The number of rotatable bonds is 3. The van der Waals surface area contributed by atoms with Crippen LogP contribution in [0.3, 0.4) is 0 Å². The zero-order valence-electron chi connectivity index (χ0n) is 13.6. The molecule has 1 amide bonds. The highest BCUT2D eigenvalue weighted by Gasteiger charge is 2.33. The third-order valence-corrected chi connectivity index (χ3v) is 4.98. The molecule has 0 aromatic heterocycles. The summed E-state index contributed by atoms with van der Waals surface area (Å²) in [5.41, 5.74) is 8.42. The van der Waals surface area contributed by atoms with Crippen LogP contribution in [0.4, 0.5) is 0 Å². The maximum absolute atomic E-state index is 12.9. The van der Waals surface area contributed by atoms with Crippen LogP contribution in [0.15, 0.2) is 53.0 Å². The maximum atomic E-state index is 12.9. The van der Waals surface area contributed by atoms with Crippen LogP contribution in [0.25, 0.3) is 0 Å². The number of halogens is 1. The Labute approximate surface area is 150 Å². The lowest BCUT2D eigenvalue weighted by molar-refractivity contribution is -0.0551. The van der Waals surface area contributed by atoms with E-state index in [0.29, 0.717) is 25.3 Å². The number of benzene rings is 2. The van der Waals surface area contributed by atoms with Crippen molar-refractivity contribution in [3.05, 3.63) is 69.7 Å². The maximum Gasteiger partial charge on any atom is 0.254 e. The molecule has 24 heavy (non-hydrogen) atoms. The highest BCUT2D eigenvalue weighted by Crippen LogP contribution is 2.30. The van der Waals surface area contributed by atoms with Gasteiger partial charge in [-0.25, -0.2) is 0 Å². The van der Waals surface area contributed by atoms with Gasteiger partial charge in [0.05, 0.1) is 12.6 Å². The number of carbonyl (C=O) groups is 1. The summed E-state index contributed by atoms with van der Waals surface area (Å²) in [6.45, 7) is 3.66. The molecule has 0 aliphatic carbocycles. The van der Waals surface area contributed by atoms with E-state index in [-0.39, 0.29) is 18.1 Å². The molecule has 0 bridgehead atoms. The summed E-state index contributed by atoms with van der Waals surface area (Å²) in [6.07, 6.45) is -0.112. The van der Waals surface area contributed by atoms with Gasteiger partial charge in [0, 0.05) is 23.1 Å². The molecule has 0 spiro atoms. The van der Waals surface area contributed by atoms with Gasteiger partial charge in [-0.05, 0) is 42.3 Å². The number of ether oxygens (including phenoxy) is 1. The average Bonchev–Trinajstić information content (AvgIpc) is 2.62. The molecule has 126 valence electrons. The Morgan fingerprint density at radius 2 is 1.88 bits per heavy atom. The molecule has 1 aliphatic rings. The molecule has 2 unspecified atom stereocenters. The Balaban J connectivity index is 1.79. The van der Waals surface area contributed by atoms with E-state index in [2.05, 4.69) is 15.9 Å².